The van der Waals surface area contributed by atoms with E-state index in [1.165, 1.54) is 18.4 Å². The quantitative estimate of drug-likeness (QED) is 0.837. The Labute approximate surface area is 117 Å². The van der Waals surface area contributed by atoms with E-state index in [1.54, 1.807) is 0 Å². The summed E-state index contributed by atoms with van der Waals surface area (Å²) in [7, 11) is 0. The number of hydrogen-bond donors (Lipinski definition) is 1. The summed E-state index contributed by atoms with van der Waals surface area (Å²) in [5.74, 6) is 1.05. The van der Waals surface area contributed by atoms with E-state index < -0.39 is 0 Å². The molecule has 1 aromatic carbocycles. The van der Waals surface area contributed by atoms with E-state index in [9.17, 15) is 0 Å². The van der Waals surface area contributed by atoms with Gasteiger partial charge in [-0.1, -0.05) is 39.0 Å². The summed E-state index contributed by atoms with van der Waals surface area (Å²) >= 11 is 0. The van der Waals surface area contributed by atoms with Crippen molar-refractivity contribution in [3.8, 4) is 5.75 Å². The van der Waals surface area contributed by atoms with Crippen LogP contribution in [0.25, 0.3) is 0 Å². The van der Waals surface area contributed by atoms with Crippen molar-refractivity contribution in [1.29, 1.82) is 0 Å². The smallest absolute Gasteiger partial charge is 0.122 e. The van der Waals surface area contributed by atoms with Crippen LogP contribution >= 0.6 is 0 Å². The minimum Gasteiger partial charge on any atom is -0.489 e. The Morgan fingerprint density at radius 2 is 1.89 bits per heavy atom. The van der Waals surface area contributed by atoms with Gasteiger partial charge in [-0.2, -0.15) is 0 Å². The average molecular weight is 261 g/mol. The monoisotopic (exact) mass is 261 g/mol. The summed E-state index contributed by atoms with van der Waals surface area (Å²) in [6.45, 7) is 9.94. The van der Waals surface area contributed by atoms with Crippen LogP contribution in [0.15, 0.2) is 24.3 Å². The zero-order valence-electron chi connectivity index (χ0n) is 12.7. The van der Waals surface area contributed by atoms with Crippen molar-refractivity contribution in [1.82, 2.24) is 5.32 Å². The van der Waals surface area contributed by atoms with Crippen molar-refractivity contribution in [2.45, 2.75) is 59.1 Å². The molecule has 1 aliphatic carbocycles. The first-order valence-corrected chi connectivity index (χ1v) is 7.63. The molecule has 2 nitrogen and oxygen atoms in total. The molecule has 0 aliphatic heterocycles. The summed E-state index contributed by atoms with van der Waals surface area (Å²) in [5, 5.41) is 3.63. The van der Waals surface area contributed by atoms with Crippen molar-refractivity contribution in [2.24, 2.45) is 5.41 Å². The normalized spacial score (nSPS) is 24.8. The predicted molar refractivity (Wildman–Crippen MR) is 80.7 cm³/mol. The van der Waals surface area contributed by atoms with E-state index in [-0.39, 0.29) is 0 Å². The number of rotatable bonds is 6. The second kappa shape index (κ2) is 5.96. The molecule has 0 amide bonds. The molecule has 1 N–H and O–H groups in total. The summed E-state index contributed by atoms with van der Waals surface area (Å²) < 4.78 is 6.32. The van der Waals surface area contributed by atoms with Crippen LogP contribution in [0, 0.1) is 12.3 Å². The van der Waals surface area contributed by atoms with Gasteiger partial charge in [0.1, 0.15) is 11.9 Å². The zero-order chi connectivity index (χ0) is 13.9. The van der Waals surface area contributed by atoms with Crippen LogP contribution in [0.2, 0.25) is 0 Å². The molecule has 1 aromatic rings. The summed E-state index contributed by atoms with van der Waals surface area (Å²) in [6, 6.07) is 8.95. The maximum Gasteiger partial charge on any atom is 0.122 e. The molecule has 1 saturated carbocycles. The number of para-hydroxylation sites is 1. The Balaban J connectivity index is 2.11. The number of hydrogen-bond acceptors (Lipinski definition) is 2. The largest absolute Gasteiger partial charge is 0.489 e. The zero-order valence-corrected chi connectivity index (χ0v) is 12.7. The summed E-state index contributed by atoms with van der Waals surface area (Å²) in [6.07, 6.45) is 3.84. The summed E-state index contributed by atoms with van der Waals surface area (Å²) in [4.78, 5) is 0. The highest BCUT2D eigenvalue weighted by molar-refractivity contribution is 5.32. The van der Waals surface area contributed by atoms with Crippen LogP contribution < -0.4 is 10.1 Å². The molecule has 2 unspecified atom stereocenters. The van der Waals surface area contributed by atoms with Crippen LogP contribution in [0.1, 0.15) is 45.6 Å². The molecule has 2 rings (SSSR count). The fourth-order valence-corrected chi connectivity index (χ4v) is 3.49. The van der Waals surface area contributed by atoms with Gasteiger partial charge in [-0.25, -0.2) is 0 Å². The van der Waals surface area contributed by atoms with E-state index in [4.69, 9.17) is 4.74 Å². The van der Waals surface area contributed by atoms with Crippen LogP contribution in [0.4, 0.5) is 0 Å². The second-order valence-corrected chi connectivity index (χ2v) is 5.66. The number of benzene rings is 1. The van der Waals surface area contributed by atoms with Crippen LogP contribution in [-0.4, -0.2) is 18.7 Å². The SMILES string of the molecule is CCNC1CC(Oc2ccccc2C)C1(CC)CC. The molecule has 2 atom stereocenters. The lowest BCUT2D eigenvalue weighted by Gasteiger charge is -2.55. The molecule has 0 heterocycles. The Morgan fingerprint density at radius 3 is 2.47 bits per heavy atom. The molecule has 0 radical (unpaired) electrons. The second-order valence-electron chi connectivity index (χ2n) is 5.66. The molecule has 0 bridgehead atoms. The molecule has 1 aliphatic rings. The number of ether oxygens (including phenoxy) is 1. The fourth-order valence-electron chi connectivity index (χ4n) is 3.49. The van der Waals surface area contributed by atoms with Crippen molar-refractivity contribution in [2.75, 3.05) is 6.54 Å². The van der Waals surface area contributed by atoms with Gasteiger partial charge in [0.25, 0.3) is 0 Å². The van der Waals surface area contributed by atoms with E-state index in [0.717, 1.165) is 18.7 Å². The molecule has 106 valence electrons. The minimum atomic E-state index is 0.304. The van der Waals surface area contributed by atoms with E-state index in [2.05, 4.69) is 57.3 Å². The minimum absolute atomic E-state index is 0.304. The van der Waals surface area contributed by atoms with Gasteiger partial charge in [-0.15, -0.1) is 0 Å². The van der Waals surface area contributed by atoms with E-state index in [0.29, 0.717) is 17.6 Å². The summed E-state index contributed by atoms with van der Waals surface area (Å²) in [5.41, 5.74) is 1.54. The standard InChI is InChI=1S/C17H27NO/c1-5-17(6-2)15(18-7-3)12-16(17)19-14-11-9-8-10-13(14)4/h8-11,15-16,18H,5-7,12H2,1-4H3. The van der Waals surface area contributed by atoms with Crippen molar-refractivity contribution in [3.05, 3.63) is 29.8 Å². The molecule has 0 aromatic heterocycles. The average Bonchev–Trinajstić information content (AvgIpc) is 2.41. The van der Waals surface area contributed by atoms with Gasteiger partial charge in [0.2, 0.25) is 0 Å². The molecule has 19 heavy (non-hydrogen) atoms. The Morgan fingerprint density at radius 1 is 1.21 bits per heavy atom. The van der Waals surface area contributed by atoms with Gasteiger partial charge in [-0.3, -0.25) is 0 Å². The van der Waals surface area contributed by atoms with Crippen molar-refractivity contribution < 1.29 is 4.74 Å². The van der Waals surface area contributed by atoms with Gasteiger partial charge in [0.15, 0.2) is 0 Å². The van der Waals surface area contributed by atoms with Crippen LogP contribution in [0.5, 0.6) is 5.75 Å². The van der Waals surface area contributed by atoms with Crippen molar-refractivity contribution >= 4 is 0 Å². The molecule has 0 spiro atoms. The third kappa shape index (κ3) is 2.51. The Kier molecular flexibility index (Phi) is 4.51. The molecule has 2 heteroatoms. The first-order valence-electron chi connectivity index (χ1n) is 7.63. The van der Waals surface area contributed by atoms with Gasteiger partial charge in [0, 0.05) is 17.9 Å². The third-order valence-electron chi connectivity index (χ3n) is 4.91. The van der Waals surface area contributed by atoms with Crippen LogP contribution in [-0.2, 0) is 0 Å². The fraction of sp³-hybridized carbons (Fsp3) is 0.647. The highest BCUT2D eigenvalue weighted by Gasteiger charge is 2.53. The molecule has 1 fully saturated rings. The molecule has 0 saturated heterocycles. The van der Waals surface area contributed by atoms with Gasteiger partial charge >= 0.3 is 0 Å². The first kappa shape index (κ1) is 14.4. The topological polar surface area (TPSA) is 21.3 Å². The maximum absolute atomic E-state index is 6.32. The lowest BCUT2D eigenvalue weighted by Crippen LogP contribution is -2.64. The van der Waals surface area contributed by atoms with E-state index >= 15 is 0 Å². The lowest BCUT2D eigenvalue weighted by atomic mass is 9.58. The highest BCUT2D eigenvalue weighted by Crippen LogP contribution is 2.49. The first-order chi connectivity index (χ1) is 9.17. The third-order valence-corrected chi connectivity index (χ3v) is 4.91. The van der Waals surface area contributed by atoms with E-state index in [1.807, 2.05) is 0 Å². The van der Waals surface area contributed by atoms with Gasteiger partial charge in [0.05, 0.1) is 0 Å². The highest BCUT2D eigenvalue weighted by atomic mass is 16.5. The molecular formula is C17H27NO. The van der Waals surface area contributed by atoms with Gasteiger partial charge in [-0.05, 0) is 37.9 Å². The predicted octanol–water partition coefficient (Wildman–Crippen LogP) is 3.93. The van der Waals surface area contributed by atoms with Gasteiger partial charge < -0.3 is 10.1 Å². The van der Waals surface area contributed by atoms with Crippen LogP contribution in [0.3, 0.4) is 0 Å². The maximum atomic E-state index is 6.32. The van der Waals surface area contributed by atoms with Crippen molar-refractivity contribution in [3.63, 3.8) is 0 Å². The Hall–Kier alpha value is -1.02. The Bertz CT molecular complexity index is 411. The number of aryl methyl sites for hydroxylation is 1. The number of nitrogens with one attached hydrogen (secondary N) is 1. The molecular weight excluding hydrogens is 234 g/mol. The lowest BCUT2D eigenvalue weighted by molar-refractivity contribution is -0.0856.